The highest BCUT2D eigenvalue weighted by Crippen LogP contribution is 2.62. The number of carbonyl (C=O) groups is 1. The van der Waals surface area contributed by atoms with Gasteiger partial charge in [-0.3, -0.25) is 9.89 Å². The summed E-state index contributed by atoms with van der Waals surface area (Å²) < 4.78 is 0. The molecule has 3 aromatic rings. The number of amides is 1. The van der Waals surface area contributed by atoms with Gasteiger partial charge in [-0.1, -0.05) is 13.8 Å². The average Bonchev–Trinajstić information content (AvgIpc) is 3.36. The van der Waals surface area contributed by atoms with E-state index in [0.717, 1.165) is 79.7 Å². The van der Waals surface area contributed by atoms with E-state index in [1.807, 2.05) is 38.1 Å². The Kier molecular flexibility index (Phi) is 5.18. The summed E-state index contributed by atoms with van der Waals surface area (Å²) >= 11 is 0. The molecule has 2 N–H and O–H groups in total. The van der Waals surface area contributed by atoms with Crippen molar-refractivity contribution in [3.05, 3.63) is 47.4 Å². The minimum Gasteiger partial charge on any atom is -0.356 e. The predicted octanol–water partition coefficient (Wildman–Crippen LogP) is 3.54. The lowest BCUT2D eigenvalue weighted by Gasteiger charge is -2.41. The van der Waals surface area contributed by atoms with Crippen molar-refractivity contribution in [1.29, 1.82) is 0 Å². The second-order valence-corrected chi connectivity index (χ2v) is 12.1. The zero-order chi connectivity index (χ0) is 26.2. The SMILES string of the molecule is Cc1cc(Nc2cc(C)[nH]n2)nc(N2CC3CCC(C2)N3C(=O)c2ccc(N3CC4C(C3)C4(C)C)nc2)n1. The fourth-order valence-corrected chi connectivity index (χ4v) is 6.94. The lowest BCUT2D eigenvalue weighted by molar-refractivity contribution is 0.0640. The van der Waals surface area contributed by atoms with Gasteiger partial charge in [0.2, 0.25) is 5.95 Å². The lowest BCUT2D eigenvalue weighted by atomic mass is 10.1. The van der Waals surface area contributed by atoms with Gasteiger partial charge in [-0.25, -0.2) is 9.97 Å². The Morgan fingerprint density at radius 2 is 1.71 bits per heavy atom. The van der Waals surface area contributed by atoms with Crippen molar-refractivity contribution in [1.82, 2.24) is 30.0 Å². The first-order valence-electron chi connectivity index (χ1n) is 13.7. The fourth-order valence-electron chi connectivity index (χ4n) is 6.94. The van der Waals surface area contributed by atoms with Gasteiger partial charge in [0.1, 0.15) is 11.6 Å². The molecule has 7 rings (SSSR count). The van der Waals surface area contributed by atoms with Crippen molar-refractivity contribution in [2.45, 2.75) is 52.6 Å². The molecule has 4 atom stereocenters. The zero-order valence-corrected chi connectivity index (χ0v) is 22.5. The van der Waals surface area contributed by atoms with Crippen molar-refractivity contribution in [3.63, 3.8) is 0 Å². The average molecular weight is 514 g/mol. The Morgan fingerprint density at radius 3 is 2.34 bits per heavy atom. The normalized spacial score (nSPS) is 27.0. The summed E-state index contributed by atoms with van der Waals surface area (Å²) in [5.74, 6) is 4.77. The third-order valence-corrected chi connectivity index (χ3v) is 9.24. The number of fused-ring (bicyclic) bond motifs is 3. The quantitative estimate of drug-likeness (QED) is 0.534. The van der Waals surface area contributed by atoms with E-state index in [4.69, 9.17) is 15.0 Å². The highest BCUT2D eigenvalue weighted by atomic mass is 16.2. The van der Waals surface area contributed by atoms with Gasteiger partial charge in [-0.15, -0.1) is 0 Å². The van der Waals surface area contributed by atoms with Gasteiger partial charge in [0.25, 0.3) is 5.91 Å². The van der Waals surface area contributed by atoms with Gasteiger partial charge < -0.3 is 20.0 Å². The number of pyridine rings is 1. The van der Waals surface area contributed by atoms with Crippen LogP contribution in [0.2, 0.25) is 0 Å². The number of rotatable bonds is 5. The van der Waals surface area contributed by atoms with Crippen LogP contribution in [0.4, 0.5) is 23.4 Å². The van der Waals surface area contributed by atoms with Gasteiger partial charge in [0.05, 0.1) is 17.6 Å². The Balaban J connectivity index is 1.03. The number of aromatic nitrogens is 5. The monoisotopic (exact) mass is 513 g/mol. The molecule has 1 aliphatic carbocycles. The number of aryl methyl sites for hydroxylation is 2. The van der Waals surface area contributed by atoms with Gasteiger partial charge in [0.15, 0.2) is 5.82 Å². The molecule has 0 spiro atoms. The van der Waals surface area contributed by atoms with Gasteiger partial charge in [-0.05, 0) is 56.1 Å². The van der Waals surface area contributed by atoms with Crippen LogP contribution >= 0.6 is 0 Å². The van der Waals surface area contributed by atoms with Crippen LogP contribution in [-0.4, -0.2) is 74.2 Å². The van der Waals surface area contributed by atoms with Crippen LogP contribution in [0.25, 0.3) is 0 Å². The molecular weight excluding hydrogens is 478 g/mol. The first-order chi connectivity index (χ1) is 18.3. The highest BCUT2D eigenvalue weighted by Gasteiger charge is 2.62. The summed E-state index contributed by atoms with van der Waals surface area (Å²) in [4.78, 5) is 34.5. The zero-order valence-electron chi connectivity index (χ0n) is 22.5. The summed E-state index contributed by atoms with van der Waals surface area (Å²) in [5, 5.41) is 10.5. The Labute approximate surface area is 222 Å². The molecular formula is C28H35N9O. The summed E-state index contributed by atoms with van der Waals surface area (Å²) in [6.45, 7) is 12.3. The molecule has 38 heavy (non-hydrogen) atoms. The summed E-state index contributed by atoms with van der Waals surface area (Å²) in [6, 6.07) is 8.14. The van der Waals surface area contributed by atoms with Crippen LogP contribution in [0.3, 0.4) is 0 Å². The molecule has 10 nitrogen and oxygen atoms in total. The molecule has 0 radical (unpaired) electrons. The van der Waals surface area contributed by atoms with Gasteiger partial charge >= 0.3 is 0 Å². The lowest BCUT2D eigenvalue weighted by Crippen LogP contribution is -2.56. The number of nitrogens with one attached hydrogen (secondary N) is 2. The standard InChI is InChI=1S/C28H35N9O/c1-16-9-23(31-24-10-17(2)33-34-24)32-27(30-16)36-12-19-6-7-20(13-36)37(19)26(38)18-5-8-25(29-11-18)35-14-21-22(15-35)28(21,3)4/h5,8-11,19-22H,6-7,12-15H2,1-4H3,(H2,30,31,32,33,34). The Bertz CT molecular complexity index is 1360. The van der Waals surface area contributed by atoms with E-state index in [1.54, 1.807) is 6.20 Å². The van der Waals surface area contributed by atoms with Crippen LogP contribution in [0.15, 0.2) is 30.5 Å². The molecule has 4 unspecified atom stereocenters. The third-order valence-electron chi connectivity index (χ3n) is 9.24. The van der Waals surface area contributed by atoms with E-state index in [0.29, 0.717) is 16.9 Å². The topological polar surface area (TPSA) is 106 Å². The molecule has 10 heteroatoms. The van der Waals surface area contributed by atoms with E-state index >= 15 is 0 Å². The number of piperazine rings is 1. The maximum absolute atomic E-state index is 13.6. The maximum atomic E-state index is 13.6. The van der Waals surface area contributed by atoms with Crippen LogP contribution in [-0.2, 0) is 0 Å². The third kappa shape index (κ3) is 3.88. The summed E-state index contributed by atoms with van der Waals surface area (Å²) in [6.07, 6.45) is 3.76. The molecule has 1 saturated carbocycles. The fraction of sp³-hybridized carbons (Fsp3) is 0.536. The molecule has 3 saturated heterocycles. The number of carbonyl (C=O) groups excluding carboxylic acids is 1. The van der Waals surface area contributed by atoms with Crippen molar-refractivity contribution < 1.29 is 4.79 Å². The number of piperidine rings is 1. The van der Waals surface area contributed by atoms with Gasteiger partial charge in [0, 0.05) is 55.9 Å². The minimum atomic E-state index is 0.0861. The van der Waals surface area contributed by atoms with Crippen molar-refractivity contribution >= 4 is 29.3 Å². The first-order valence-corrected chi connectivity index (χ1v) is 13.7. The highest BCUT2D eigenvalue weighted by molar-refractivity contribution is 5.95. The molecule has 3 aliphatic heterocycles. The van der Waals surface area contributed by atoms with Crippen molar-refractivity contribution in [2.75, 3.05) is 41.3 Å². The molecule has 198 valence electrons. The molecule has 4 fully saturated rings. The van der Waals surface area contributed by atoms with Crippen LogP contribution in [0, 0.1) is 31.1 Å². The van der Waals surface area contributed by atoms with E-state index in [2.05, 4.69) is 44.1 Å². The van der Waals surface area contributed by atoms with E-state index in [-0.39, 0.29) is 18.0 Å². The number of H-pyrrole nitrogens is 1. The molecule has 6 heterocycles. The molecule has 2 bridgehead atoms. The molecule has 1 amide bonds. The van der Waals surface area contributed by atoms with E-state index in [1.165, 1.54) is 0 Å². The second-order valence-electron chi connectivity index (χ2n) is 12.1. The smallest absolute Gasteiger partial charge is 0.256 e. The Hall–Kier alpha value is -3.69. The van der Waals surface area contributed by atoms with E-state index < -0.39 is 0 Å². The molecule has 4 aliphatic rings. The number of hydrogen-bond acceptors (Lipinski definition) is 8. The number of nitrogens with zero attached hydrogens (tertiary/aromatic N) is 7. The second kappa shape index (κ2) is 8.41. The predicted molar refractivity (Wildman–Crippen MR) is 146 cm³/mol. The van der Waals surface area contributed by atoms with E-state index in [9.17, 15) is 4.79 Å². The molecule has 3 aromatic heterocycles. The van der Waals surface area contributed by atoms with Crippen LogP contribution in [0.5, 0.6) is 0 Å². The van der Waals surface area contributed by atoms with Crippen LogP contribution in [0.1, 0.15) is 48.4 Å². The Morgan fingerprint density at radius 1 is 0.974 bits per heavy atom. The number of aromatic amines is 1. The number of anilines is 4. The van der Waals surface area contributed by atoms with Crippen molar-refractivity contribution in [3.8, 4) is 0 Å². The van der Waals surface area contributed by atoms with Crippen molar-refractivity contribution in [2.24, 2.45) is 17.3 Å². The maximum Gasteiger partial charge on any atom is 0.256 e. The minimum absolute atomic E-state index is 0.0861. The van der Waals surface area contributed by atoms with Crippen LogP contribution < -0.4 is 15.1 Å². The van der Waals surface area contributed by atoms with Gasteiger partial charge in [-0.2, -0.15) is 10.1 Å². The molecule has 0 aromatic carbocycles. The first kappa shape index (κ1) is 23.4. The summed E-state index contributed by atoms with van der Waals surface area (Å²) in [7, 11) is 0. The number of hydrogen-bond donors (Lipinski definition) is 2. The largest absolute Gasteiger partial charge is 0.356 e. The summed E-state index contributed by atoms with van der Waals surface area (Å²) in [5.41, 5.74) is 3.03.